The Morgan fingerprint density at radius 2 is 1.68 bits per heavy atom. The number of methoxy groups -OCH3 is 2. The van der Waals surface area contributed by atoms with Crippen molar-refractivity contribution in [3.63, 3.8) is 0 Å². The molecular weight excluding hydrogens is 370 g/mol. The fourth-order valence-corrected chi connectivity index (χ4v) is 2.32. The Labute approximate surface area is 159 Å². The topological polar surface area (TPSA) is 85.4 Å². The number of carbonyl (C=O) groups excluding carboxylic acids is 1. The Morgan fingerprint density at radius 3 is 2.32 bits per heavy atom. The Hall–Kier alpha value is -3.75. The summed E-state index contributed by atoms with van der Waals surface area (Å²) in [7, 11) is 3.00. The molecule has 0 saturated carbocycles. The molecule has 3 aromatic rings. The molecule has 0 radical (unpaired) electrons. The predicted octanol–water partition coefficient (Wildman–Crippen LogP) is 3.77. The van der Waals surface area contributed by atoms with Gasteiger partial charge < -0.3 is 20.1 Å². The molecule has 3 rings (SSSR count). The number of benzene rings is 2. The van der Waals surface area contributed by atoms with Crippen LogP contribution in [-0.2, 0) is 0 Å². The van der Waals surface area contributed by atoms with Gasteiger partial charge in [0, 0.05) is 24.5 Å². The van der Waals surface area contributed by atoms with E-state index in [-0.39, 0.29) is 17.2 Å². The van der Waals surface area contributed by atoms with Crippen molar-refractivity contribution < 1.29 is 23.0 Å². The number of aromatic nitrogens is 2. The number of hydrogen-bond donors (Lipinski definition) is 2. The number of halogens is 2. The second kappa shape index (κ2) is 8.30. The number of rotatable bonds is 6. The minimum atomic E-state index is -0.781. The first-order valence-electron chi connectivity index (χ1n) is 8.07. The van der Waals surface area contributed by atoms with Crippen molar-refractivity contribution in [1.29, 1.82) is 0 Å². The zero-order valence-corrected chi connectivity index (χ0v) is 15.0. The monoisotopic (exact) mass is 386 g/mol. The second-order valence-electron chi connectivity index (χ2n) is 5.56. The van der Waals surface area contributed by atoms with Crippen LogP contribution in [0.5, 0.6) is 11.5 Å². The average Bonchev–Trinajstić information content (AvgIpc) is 2.71. The largest absolute Gasteiger partial charge is 0.497 e. The molecule has 2 aromatic carbocycles. The summed E-state index contributed by atoms with van der Waals surface area (Å²) in [5.74, 6) is -0.852. The molecule has 0 atom stereocenters. The lowest BCUT2D eigenvalue weighted by molar-refractivity contribution is 0.102. The van der Waals surface area contributed by atoms with Crippen LogP contribution in [0.4, 0.5) is 26.1 Å². The number of nitrogens with zero attached hydrogens (tertiary/aromatic N) is 2. The van der Waals surface area contributed by atoms with Gasteiger partial charge in [-0.1, -0.05) is 0 Å². The molecule has 0 aliphatic heterocycles. The molecule has 28 heavy (non-hydrogen) atoms. The third kappa shape index (κ3) is 4.32. The summed E-state index contributed by atoms with van der Waals surface area (Å²) >= 11 is 0. The van der Waals surface area contributed by atoms with E-state index in [0.717, 1.165) is 12.1 Å². The van der Waals surface area contributed by atoms with Gasteiger partial charge in [-0.05, 0) is 24.3 Å². The molecular formula is C19H16F2N4O3. The van der Waals surface area contributed by atoms with E-state index in [9.17, 15) is 13.6 Å². The molecule has 0 aliphatic rings. The van der Waals surface area contributed by atoms with E-state index in [0.29, 0.717) is 17.2 Å². The molecule has 144 valence electrons. The van der Waals surface area contributed by atoms with Crippen molar-refractivity contribution >= 4 is 23.2 Å². The zero-order chi connectivity index (χ0) is 20.1. The molecule has 0 unspecified atom stereocenters. The lowest BCUT2D eigenvalue weighted by Crippen LogP contribution is -2.14. The number of hydrogen-bond acceptors (Lipinski definition) is 6. The summed E-state index contributed by atoms with van der Waals surface area (Å²) in [4.78, 5) is 20.3. The molecule has 0 bridgehead atoms. The SMILES string of the molecule is COc1ccc(NC(=O)c2cnc(Nc3ccc(F)cc3F)nc2)c(OC)c1. The maximum Gasteiger partial charge on any atom is 0.258 e. The zero-order valence-electron chi connectivity index (χ0n) is 15.0. The number of amides is 1. The average molecular weight is 386 g/mol. The van der Waals surface area contributed by atoms with Crippen LogP contribution in [0.25, 0.3) is 0 Å². The summed E-state index contributed by atoms with van der Waals surface area (Å²) < 4.78 is 37.0. The Morgan fingerprint density at radius 1 is 0.964 bits per heavy atom. The normalized spacial score (nSPS) is 10.3. The van der Waals surface area contributed by atoms with Gasteiger partial charge in [0.25, 0.3) is 5.91 Å². The van der Waals surface area contributed by atoms with Gasteiger partial charge in [0.1, 0.15) is 23.1 Å². The Balaban J connectivity index is 1.72. The molecule has 0 saturated heterocycles. The number of carbonyl (C=O) groups is 1. The van der Waals surface area contributed by atoms with E-state index in [1.807, 2.05) is 0 Å². The maximum absolute atomic E-state index is 13.7. The first kappa shape index (κ1) is 19.0. The van der Waals surface area contributed by atoms with Crippen molar-refractivity contribution in [1.82, 2.24) is 9.97 Å². The first-order chi connectivity index (χ1) is 13.5. The Bertz CT molecular complexity index is 997. The van der Waals surface area contributed by atoms with Gasteiger partial charge in [-0.2, -0.15) is 0 Å². The van der Waals surface area contributed by atoms with Crippen molar-refractivity contribution in [3.05, 3.63) is 66.0 Å². The van der Waals surface area contributed by atoms with Crippen LogP contribution >= 0.6 is 0 Å². The highest BCUT2D eigenvalue weighted by molar-refractivity contribution is 6.04. The van der Waals surface area contributed by atoms with Crippen LogP contribution in [0.1, 0.15) is 10.4 Å². The standard InChI is InChI=1S/C19H16F2N4O3/c1-27-13-4-6-16(17(8-13)28-2)24-18(26)11-9-22-19(23-10-11)25-15-5-3-12(20)7-14(15)21/h3-10H,1-2H3,(H,24,26)(H,22,23,25). The third-order valence-electron chi connectivity index (χ3n) is 3.75. The number of nitrogens with one attached hydrogen (secondary N) is 2. The molecule has 1 amide bonds. The van der Waals surface area contributed by atoms with Crippen LogP contribution in [0.15, 0.2) is 48.8 Å². The highest BCUT2D eigenvalue weighted by Crippen LogP contribution is 2.29. The fraction of sp³-hybridized carbons (Fsp3) is 0.105. The van der Waals surface area contributed by atoms with E-state index in [2.05, 4.69) is 20.6 Å². The van der Waals surface area contributed by atoms with E-state index in [4.69, 9.17) is 9.47 Å². The predicted molar refractivity (Wildman–Crippen MR) is 99.2 cm³/mol. The summed E-state index contributed by atoms with van der Waals surface area (Å²) in [6.45, 7) is 0. The fourth-order valence-electron chi connectivity index (χ4n) is 2.32. The van der Waals surface area contributed by atoms with Crippen LogP contribution in [0.3, 0.4) is 0 Å². The van der Waals surface area contributed by atoms with Crippen LogP contribution < -0.4 is 20.1 Å². The van der Waals surface area contributed by atoms with Crippen LogP contribution in [0.2, 0.25) is 0 Å². The molecule has 0 aliphatic carbocycles. The highest BCUT2D eigenvalue weighted by Gasteiger charge is 2.12. The molecule has 1 heterocycles. The van der Waals surface area contributed by atoms with Crippen LogP contribution in [-0.4, -0.2) is 30.1 Å². The van der Waals surface area contributed by atoms with Gasteiger partial charge >= 0.3 is 0 Å². The minimum absolute atomic E-state index is 0.0153. The smallest absolute Gasteiger partial charge is 0.258 e. The molecule has 7 nitrogen and oxygen atoms in total. The minimum Gasteiger partial charge on any atom is -0.497 e. The van der Waals surface area contributed by atoms with Crippen LogP contribution in [0, 0.1) is 11.6 Å². The summed E-state index contributed by atoms with van der Waals surface area (Å²) in [6.07, 6.45) is 2.56. The molecule has 2 N–H and O–H groups in total. The molecule has 1 aromatic heterocycles. The van der Waals surface area contributed by atoms with Crippen molar-refractivity contribution in [2.45, 2.75) is 0 Å². The number of ether oxygens (including phenoxy) is 2. The van der Waals surface area contributed by atoms with Gasteiger partial charge in [-0.25, -0.2) is 18.7 Å². The van der Waals surface area contributed by atoms with E-state index in [1.54, 1.807) is 18.2 Å². The maximum atomic E-state index is 13.7. The summed E-state index contributed by atoms with van der Waals surface area (Å²) in [5.41, 5.74) is 0.647. The first-order valence-corrected chi connectivity index (χ1v) is 8.07. The van der Waals surface area contributed by atoms with Crippen molar-refractivity contribution in [3.8, 4) is 11.5 Å². The van der Waals surface area contributed by atoms with Gasteiger partial charge in [0.2, 0.25) is 5.95 Å². The van der Waals surface area contributed by atoms with Gasteiger partial charge in [0.15, 0.2) is 0 Å². The van der Waals surface area contributed by atoms with Crippen molar-refractivity contribution in [2.75, 3.05) is 24.9 Å². The second-order valence-corrected chi connectivity index (χ2v) is 5.56. The molecule has 0 spiro atoms. The van der Waals surface area contributed by atoms with E-state index >= 15 is 0 Å². The van der Waals surface area contributed by atoms with E-state index in [1.165, 1.54) is 32.7 Å². The third-order valence-corrected chi connectivity index (χ3v) is 3.75. The molecule has 0 fully saturated rings. The van der Waals surface area contributed by atoms with Gasteiger partial charge in [0.05, 0.1) is 31.2 Å². The van der Waals surface area contributed by atoms with Crippen molar-refractivity contribution in [2.24, 2.45) is 0 Å². The summed E-state index contributed by atoms with van der Waals surface area (Å²) in [5, 5.41) is 5.31. The lowest BCUT2D eigenvalue weighted by atomic mass is 10.2. The summed E-state index contributed by atoms with van der Waals surface area (Å²) in [6, 6.07) is 8.03. The lowest BCUT2D eigenvalue weighted by Gasteiger charge is -2.11. The van der Waals surface area contributed by atoms with Gasteiger partial charge in [-0.15, -0.1) is 0 Å². The Kier molecular flexibility index (Phi) is 5.64. The quantitative estimate of drug-likeness (QED) is 0.671. The number of anilines is 3. The highest BCUT2D eigenvalue weighted by atomic mass is 19.1. The van der Waals surface area contributed by atoms with E-state index < -0.39 is 17.5 Å². The molecule has 9 heteroatoms. The van der Waals surface area contributed by atoms with Gasteiger partial charge in [-0.3, -0.25) is 4.79 Å².